The van der Waals surface area contributed by atoms with Gasteiger partial charge in [-0.15, -0.1) is 0 Å². The molecule has 0 atom stereocenters. The van der Waals surface area contributed by atoms with E-state index in [4.69, 9.17) is 11.6 Å². The van der Waals surface area contributed by atoms with Crippen LogP contribution in [0, 0.1) is 5.82 Å². The van der Waals surface area contributed by atoms with E-state index in [0.29, 0.717) is 12.0 Å². The van der Waals surface area contributed by atoms with Gasteiger partial charge in [0.1, 0.15) is 5.82 Å². The zero-order chi connectivity index (χ0) is 13.7. The third kappa shape index (κ3) is 3.90. The molecule has 19 heavy (non-hydrogen) atoms. The Hall–Kier alpha value is -1.67. The van der Waals surface area contributed by atoms with Gasteiger partial charge in [0.25, 0.3) is 0 Å². The van der Waals surface area contributed by atoms with Gasteiger partial charge in [-0.25, -0.2) is 4.39 Å². The van der Waals surface area contributed by atoms with Gasteiger partial charge in [-0.1, -0.05) is 41.9 Å². The Morgan fingerprint density at radius 3 is 2.53 bits per heavy atom. The molecule has 98 valence electrons. The van der Waals surface area contributed by atoms with E-state index in [2.05, 4.69) is 0 Å². The van der Waals surface area contributed by atoms with Crippen LogP contribution < -0.4 is 0 Å². The fraction of sp³-hybridized carbons (Fsp3) is 0.188. The first kappa shape index (κ1) is 13.8. The summed E-state index contributed by atoms with van der Waals surface area (Å²) in [5.41, 5.74) is 1.59. The number of benzene rings is 2. The van der Waals surface area contributed by atoms with Crippen LogP contribution in [-0.4, -0.2) is 5.78 Å². The zero-order valence-electron chi connectivity index (χ0n) is 10.4. The first-order chi connectivity index (χ1) is 9.16. The van der Waals surface area contributed by atoms with Gasteiger partial charge in [0.2, 0.25) is 0 Å². The summed E-state index contributed by atoms with van der Waals surface area (Å²) in [7, 11) is 0. The molecule has 0 fully saturated rings. The molecule has 2 rings (SSSR count). The van der Waals surface area contributed by atoms with Gasteiger partial charge >= 0.3 is 0 Å². The number of ketones is 1. The third-order valence-electron chi connectivity index (χ3n) is 2.95. The topological polar surface area (TPSA) is 17.1 Å². The van der Waals surface area contributed by atoms with Crippen LogP contribution in [0.3, 0.4) is 0 Å². The van der Waals surface area contributed by atoms with Crippen LogP contribution in [-0.2, 0) is 6.42 Å². The van der Waals surface area contributed by atoms with Crippen molar-refractivity contribution in [2.24, 2.45) is 0 Å². The van der Waals surface area contributed by atoms with E-state index in [-0.39, 0.29) is 10.8 Å². The molecule has 0 saturated heterocycles. The largest absolute Gasteiger partial charge is 0.294 e. The number of hydrogen-bond acceptors (Lipinski definition) is 1. The van der Waals surface area contributed by atoms with Crippen molar-refractivity contribution in [2.45, 2.75) is 19.3 Å². The number of rotatable bonds is 5. The minimum Gasteiger partial charge on any atom is -0.294 e. The lowest BCUT2D eigenvalue weighted by Gasteiger charge is -2.03. The molecule has 0 aliphatic rings. The van der Waals surface area contributed by atoms with Crippen LogP contribution in [0.2, 0.25) is 5.02 Å². The Kier molecular flexibility index (Phi) is 4.69. The molecule has 2 aromatic rings. The van der Waals surface area contributed by atoms with Crippen LogP contribution in [0.25, 0.3) is 0 Å². The van der Waals surface area contributed by atoms with Crippen molar-refractivity contribution >= 4 is 17.4 Å². The quantitative estimate of drug-likeness (QED) is 0.725. The fourth-order valence-electron chi connectivity index (χ4n) is 1.91. The molecule has 0 aliphatic carbocycles. The lowest BCUT2D eigenvalue weighted by atomic mass is 10.0. The van der Waals surface area contributed by atoms with Crippen LogP contribution in [0.5, 0.6) is 0 Å². The van der Waals surface area contributed by atoms with Gasteiger partial charge in [0, 0.05) is 12.0 Å². The predicted octanol–water partition coefficient (Wildman–Crippen LogP) is 4.68. The van der Waals surface area contributed by atoms with E-state index >= 15 is 0 Å². The molecule has 0 aliphatic heterocycles. The molecule has 0 radical (unpaired) electrons. The molecule has 2 aromatic carbocycles. The number of halogens is 2. The maximum atomic E-state index is 13.2. The average Bonchev–Trinajstić information content (AvgIpc) is 2.43. The average molecular weight is 277 g/mol. The highest BCUT2D eigenvalue weighted by Gasteiger charge is 2.08. The Bertz CT molecular complexity index is 566. The van der Waals surface area contributed by atoms with Gasteiger partial charge in [-0.2, -0.15) is 0 Å². The van der Waals surface area contributed by atoms with Crippen LogP contribution in [0.1, 0.15) is 28.8 Å². The number of Topliss-reactive ketones (excluding diaryl/α,β-unsaturated/α-hetero) is 1. The Morgan fingerprint density at radius 1 is 1.11 bits per heavy atom. The molecular formula is C16H14ClFO. The van der Waals surface area contributed by atoms with Crippen molar-refractivity contribution in [3.63, 3.8) is 0 Å². The second kappa shape index (κ2) is 6.48. The summed E-state index contributed by atoms with van der Waals surface area (Å²) in [6, 6.07) is 14.2. The van der Waals surface area contributed by atoms with Gasteiger partial charge in [0.05, 0.1) is 5.02 Å². The standard InChI is InChI=1S/C16H14ClFO/c17-14-10-9-13(11-15(14)18)16(19)8-4-7-12-5-2-1-3-6-12/h1-3,5-6,9-11H,4,7-8H2. The van der Waals surface area contributed by atoms with Crippen molar-refractivity contribution in [3.8, 4) is 0 Å². The van der Waals surface area contributed by atoms with Crippen LogP contribution >= 0.6 is 11.6 Å². The summed E-state index contributed by atoms with van der Waals surface area (Å²) in [5.74, 6) is -0.595. The molecule has 3 heteroatoms. The first-order valence-corrected chi connectivity index (χ1v) is 6.57. The summed E-state index contributed by atoms with van der Waals surface area (Å²) in [6.45, 7) is 0. The minimum atomic E-state index is -0.546. The smallest absolute Gasteiger partial charge is 0.162 e. The Morgan fingerprint density at radius 2 is 1.84 bits per heavy atom. The summed E-state index contributed by atoms with van der Waals surface area (Å²) < 4.78 is 13.2. The number of carbonyl (C=O) groups is 1. The summed E-state index contributed by atoms with van der Waals surface area (Å²) in [6.07, 6.45) is 2.02. The van der Waals surface area contributed by atoms with Crippen molar-refractivity contribution in [1.29, 1.82) is 0 Å². The Balaban J connectivity index is 1.89. The highest BCUT2D eigenvalue weighted by molar-refractivity contribution is 6.30. The number of hydrogen-bond donors (Lipinski definition) is 0. The summed E-state index contributed by atoms with van der Waals surface area (Å²) in [5, 5.41) is 0.0424. The minimum absolute atomic E-state index is 0.0424. The lowest BCUT2D eigenvalue weighted by Crippen LogP contribution is -2.00. The van der Waals surface area contributed by atoms with Gasteiger partial charge in [0.15, 0.2) is 5.78 Å². The van der Waals surface area contributed by atoms with E-state index in [9.17, 15) is 9.18 Å². The molecule has 0 aromatic heterocycles. The number of aryl methyl sites for hydroxylation is 1. The van der Waals surface area contributed by atoms with Gasteiger partial charge < -0.3 is 0 Å². The SMILES string of the molecule is O=C(CCCc1ccccc1)c1ccc(Cl)c(F)c1. The molecule has 0 unspecified atom stereocenters. The van der Waals surface area contributed by atoms with Crippen molar-refractivity contribution in [2.75, 3.05) is 0 Å². The van der Waals surface area contributed by atoms with Gasteiger partial charge in [-0.05, 0) is 36.6 Å². The maximum Gasteiger partial charge on any atom is 0.162 e. The lowest BCUT2D eigenvalue weighted by molar-refractivity contribution is 0.0980. The predicted molar refractivity (Wildman–Crippen MR) is 75.1 cm³/mol. The maximum absolute atomic E-state index is 13.2. The van der Waals surface area contributed by atoms with E-state index in [1.165, 1.54) is 17.7 Å². The second-order valence-corrected chi connectivity index (χ2v) is 4.80. The molecule has 0 spiro atoms. The summed E-state index contributed by atoms with van der Waals surface area (Å²) >= 11 is 5.58. The molecule has 1 nitrogen and oxygen atoms in total. The van der Waals surface area contributed by atoms with Crippen LogP contribution in [0.15, 0.2) is 48.5 Å². The zero-order valence-corrected chi connectivity index (χ0v) is 11.2. The van der Waals surface area contributed by atoms with E-state index in [0.717, 1.165) is 12.8 Å². The van der Waals surface area contributed by atoms with E-state index < -0.39 is 5.82 Å². The van der Waals surface area contributed by atoms with Crippen LogP contribution in [0.4, 0.5) is 4.39 Å². The first-order valence-electron chi connectivity index (χ1n) is 6.19. The van der Waals surface area contributed by atoms with E-state index in [1.807, 2.05) is 30.3 Å². The molecule has 0 heterocycles. The monoisotopic (exact) mass is 276 g/mol. The highest BCUT2D eigenvalue weighted by atomic mass is 35.5. The number of carbonyl (C=O) groups excluding carboxylic acids is 1. The highest BCUT2D eigenvalue weighted by Crippen LogP contribution is 2.17. The molecule has 0 amide bonds. The second-order valence-electron chi connectivity index (χ2n) is 4.39. The Labute approximate surface area is 117 Å². The molecule has 0 N–H and O–H groups in total. The van der Waals surface area contributed by atoms with Crippen molar-refractivity contribution in [1.82, 2.24) is 0 Å². The van der Waals surface area contributed by atoms with Crippen molar-refractivity contribution in [3.05, 3.63) is 70.5 Å². The third-order valence-corrected chi connectivity index (χ3v) is 3.26. The normalized spacial score (nSPS) is 10.4. The van der Waals surface area contributed by atoms with Crippen molar-refractivity contribution < 1.29 is 9.18 Å². The molecule has 0 saturated carbocycles. The fourth-order valence-corrected chi connectivity index (χ4v) is 2.03. The van der Waals surface area contributed by atoms with Gasteiger partial charge in [-0.3, -0.25) is 4.79 Å². The van der Waals surface area contributed by atoms with E-state index in [1.54, 1.807) is 6.07 Å². The molecular weight excluding hydrogens is 263 g/mol. The summed E-state index contributed by atoms with van der Waals surface area (Å²) in [4.78, 5) is 11.9. The molecule has 0 bridgehead atoms.